The quantitative estimate of drug-likeness (QED) is 0.277. The molecule has 8 rings (SSSR count). The minimum absolute atomic E-state index is 0.0197. The highest BCUT2D eigenvalue weighted by atomic mass is 16.2. The lowest BCUT2D eigenvalue weighted by Gasteiger charge is -2.07. The van der Waals surface area contributed by atoms with Crippen LogP contribution >= 0.6 is 0 Å². The van der Waals surface area contributed by atoms with Gasteiger partial charge in [0.15, 0.2) is 10.9 Å². The van der Waals surface area contributed by atoms with Crippen LogP contribution in [0, 0.1) is 0 Å². The molecule has 0 atom stereocenters. The van der Waals surface area contributed by atoms with Crippen molar-refractivity contribution >= 4 is 65.4 Å². The third-order valence-corrected chi connectivity index (χ3v) is 7.67. The maximum atomic E-state index is 13.5. The molecule has 4 nitrogen and oxygen atoms in total. The average Bonchev–Trinajstić information content (AvgIpc) is 3.45. The van der Waals surface area contributed by atoms with Crippen LogP contribution in [-0.4, -0.2) is 11.6 Å². The standard InChI is InChI=1S/C32H14O4/c33-29-20-6-2-1-5-18(20)22-13-26-23(14-25(22)29)19-9-8-15(11-24(19)30(26)34)17-10-16-4-3-7-21-28(16)27(12-17)32(36)31(21)35/h1-14H. The van der Waals surface area contributed by atoms with Crippen LogP contribution in [0.1, 0.15) is 20.7 Å². The van der Waals surface area contributed by atoms with Gasteiger partial charge >= 0.3 is 0 Å². The zero-order chi connectivity index (χ0) is 24.3. The second-order valence-electron chi connectivity index (χ2n) is 9.49. The van der Waals surface area contributed by atoms with Crippen molar-refractivity contribution in [3.8, 4) is 11.1 Å². The fourth-order valence-electron chi connectivity index (χ4n) is 5.98. The molecular formula is C32H14O4. The molecule has 7 aromatic carbocycles. The van der Waals surface area contributed by atoms with Crippen LogP contribution in [0.15, 0.2) is 94.5 Å². The van der Waals surface area contributed by atoms with Crippen molar-refractivity contribution in [2.24, 2.45) is 0 Å². The zero-order valence-corrected chi connectivity index (χ0v) is 18.7. The maximum Gasteiger partial charge on any atom is 0.234 e. The molecule has 0 saturated heterocycles. The Morgan fingerprint density at radius 3 is 1.81 bits per heavy atom. The van der Waals surface area contributed by atoms with Gasteiger partial charge in [0.1, 0.15) is 0 Å². The first kappa shape index (κ1) is 19.4. The van der Waals surface area contributed by atoms with E-state index in [2.05, 4.69) is 0 Å². The van der Waals surface area contributed by atoms with Crippen LogP contribution in [0.5, 0.6) is 0 Å². The fraction of sp³-hybridized carbons (Fsp3) is 0. The minimum Gasteiger partial charge on any atom is -0.289 e. The predicted molar refractivity (Wildman–Crippen MR) is 143 cm³/mol. The molecule has 0 unspecified atom stereocenters. The molecule has 0 aromatic heterocycles. The van der Waals surface area contributed by atoms with Gasteiger partial charge in [-0.15, -0.1) is 0 Å². The Balaban J connectivity index is 1.40. The molecule has 0 fully saturated rings. The smallest absolute Gasteiger partial charge is 0.234 e. The van der Waals surface area contributed by atoms with Crippen molar-refractivity contribution in [1.82, 2.24) is 0 Å². The number of benzene rings is 5. The van der Waals surface area contributed by atoms with Gasteiger partial charge in [-0.2, -0.15) is 0 Å². The second kappa shape index (κ2) is 6.37. The third-order valence-electron chi connectivity index (χ3n) is 7.67. The molecule has 0 N–H and O–H groups in total. The van der Waals surface area contributed by atoms with Gasteiger partial charge in [-0.1, -0.05) is 54.6 Å². The highest BCUT2D eigenvalue weighted by molar-refractivity contribution is 6.57. The Hall–Kier alpha value is -4.96. The summed E-state index contributed by atoms with van der Waals surface area (Å²) in [5, 5.41) is 7.19. The van der Waals surface area contributed by atoms with Gasteiger partial charge in [0, 0.05) is 38.1 Å². The van der Waals surface area contributed by atoms with Gasteiger partial charge in [-0.3, -0.25) is 19.2 Å². The van der Waals surface area contributed by atoms with Gasteiger partial charge in [0.2, 0.25) is 11.6 Å². The highest BCUT2D eigenvalue weighted by Crippen LogP contribution is 2.37. The number of hydrogen-bond acceptors (Lipinski definition) is 4. The van der Waals surface area contributed by atoms with E-state index in [1.165, 1.54) is 0 Å². The molecule has 1 aliphatic carbocycles. The van der Waals surface area contributed by atoms with Crippen molar-refractivity contribution in [3.05, 3.63) is 117 Å². The van der Waals surface area contributed by atoms with Crippen molar-refractivity contribution in [1.29, 1.82) is 0 Å². The lowest BCUT2D eigenvalue weighted by Crippen LogP contribution is -2.06. The fourth-order valence-corrected chi connectivity index (χ4v) is 5.98. The number of carbonyl (C=O) groups is 2. The van der Waals surface area contributed by atoms with Gasteiger partial charge < -0.3 is 0 Å². The molecule has 0 spiro atoms. The van der Waals surface area contributed by atoms with Crippen molar-refractivity contribution in [2.45, 2.75) is 0 Å². The van der Waals surface area contributed by atoms with Gasteiger partial charge in [-0.05, 0) is 68.4 Å². The molecule has 0 bridgehead atoms. The van der Waals surface area contributed by atoms with E-state index in [1.54, 1.807) is 18.2 Å². The average molecular weight is 462 g/mol. The van der Waals surface area contributed by atoms with E-state index in [-0.39, 0.29) is 10.9 Å². The van der Waals surface area contributed by atoms with Gasteiger partial charge in [-0.25, -0.2) is 0 Å². The SMILES string of the molecule is O=C1C(=O)c2cc(-c3ccc4c(c3)c(=O)c3cc5c(cc34)c(=O)c3ccccc35)cc3cccc1c23. The largest absolute Gasteiger partial charge is 0.289 e. The van der Waals surface area contributed by atoms with Gasteiger partial charge in [0.05, 0.1) is 0 Å². The van der Waals surface area contributed by atoms with Gasteiger partial charge in [0.25, 0.3) is 0 Å². The number of Topliss-reactive ketones (excluding diaryl/α,β-unsaturated/α-hetero) is 2. The van der Waals surface area contributed by atoms with E-state index >= 15 is 0 Å². The Kier molecular flexibility index (Phi) is 3.43. The second-order valence-corrected chi connectivity index (χ2v) is 9.49. The molecule has 7 aromatic rings. The molecule has 36 heavy (non-hydrogen) atoms. The highest BCUT2D eigenvalue weighted by Gasteiger charge is 2.31. The molecular weight excluding hydrogens is 448 g/mol. The van der Waals surface area contributed by atoms with Crippen molar-refractivity contribution in [3.63, 3.8) is 0 Å². The number of rotatable bonds is 1. The summed E-state index contributed by atoms with van der Waals surface area (Å²) in [5.74, 6) is -0.969. The van der Waals surface area contributed by atoms with Crippen LogP contribution in [-0.2, 0) is 0 Å². The first-order valence-electron chi connectivity index (χ1n) is 11.7. The van der Waals surface area contributed by atoms with E-state index in [4.69, 9.17) is 0 Å². The monoisotopic (exact) mass is 462 g/mol. The topological polar surface area (TPSA) is 68.3 Å². The van der Waals surface area contributed by atoms with Crippen LogP contribution in [0.2, 0.25) is 0 Å². The number of fused-ring (bicyclic) bond motifs is 6. The molecule has 0 aliphatic heterocycles. The third kappa shape index (κ3) is 2.24. The number of ketones is 2. The first-order valence-corrected chi connectivity index (χ1v) is 11.7. The van der Waals surface area contributed by atoms with E-state index in [1.807, 2.05) is 66.7 Å². The molecule has 0 radical (unpaired) electrons. The summed E-state index contributed by atoms with van der Waals surface area (Å²) in [5.41, 5.74) is 2.32. The molecule has 0 saturated carbocycles. The Morgan fingerprint density at radius 1 is 0.389 bits per heavy atom. The summed E-state index contributed by atoms with van der Waals surface area (Å²) >= 11 is 0. The summed E-state index contributed by atoms with van der Waals surface area (Å²) in [7, 11) is 0. The predicted octanol–water partition coefficient (Wildman–Crippen LogP) is 6.09. The summed E-state index contributed by atoms with van der Waals surface area (Å²) in [6.07, 6.45) is 0. The van der Waals surface area contributed by atoms with Crippen LogP contribution in [0.25, 0.3) is 65.0 Å². The zero-order valence-electron chi connectivity index (χ0n) is 18.7. The lowest BCUT2D eigenvalue weighted by atomic mass is 9.96. The van der Waals surface area contributed by atoms with E-state index < -0.39 is 11.6 Å². The molecule has 4 heteroatoms. The van der Waals surface area contributed by atoms with E-state index in [0.29, 0.717) is 38.1 Å². The Labute approximate surface area is 202 Å². The van der Waals surface area contributed by atoms with E-state index in [9.17, 15) is 19.2 Å². The van der Waals surface area contributed by atoms with Crippen LogP contribution in [0.4, 0.5) is 0 Å². The molecule has 0 heterocycles. The van der Waals surface area contributed by atoms with Crippen molar-refractivity contribution < 1.29 is 9.59 Å². The van der Waals surface area contributed by atoms with Crippen LogP contribution in [0.3, 0.4) is 0 Å². The lowest BCUT2D eigenvalue weighted by molar-refractivity contribution is 0.0825. The molecule has 0 amide bonds. The Morgan fingerprint density at radius 2 is 1.03 bits per heavy atom. The Bertz CT molecular complexity index is 2280. The van der Waals surface area contributed by atoms with E-state index in [0.717, 1.165) is 38.1 Å². The van der Waals surface area contributed by atoms with Crippen LogP contribution < -0.4 is 10.9 Å². The van der Waals surface area contributed by atoms with Crippen molar-refractivity contribution in [2.75, 3.05) is 0 Å². The molecule has 1 aliphatic rings. The first-order chi connectivity index (χ1) is 17.5. The summed E-state index contributed by atoms with van der Waals surface area (Å²) in [4.78, 5) is 51.6. The normalized spacial score (nSPS) is 13.3. The minimum atomic E-state index is -0.493. The molecule has 166 valence electrons. The maximum absolute atomic E-state index is 13.5. The summed E-state index contributed by atoms with van der Waals surface area (Å²) in [6, 6.07) is 25.9. The summed E-state index contributed by atoms with van der Waals surface area (Å²) in [6.45, 7) is 0. The number of hydrogen-bond donors (Lipinski definition) is 0. The number of carbonyl (C=O) groups excluding carboxylic acids is 2. The summed E-state index contributed by atoms with van der Waals surface area (Å²) < 4.78 is 0.